The molecule has 0 aliphatic carbocycles. The summed E-state index contributed by atoms with van der Waals surface area (Å²) >= 11 is 0. The second kappa shape index (κ2) is 6.74. The second-order valence-electron chi connectivity index (χ2n) is 6.17. The number of amides is 2. The number of benzene rings is 2. The standard InChI is InChI=1S/C19H21N3O2/c1-12-5-3-4-6-17(12)22-18(23)9-13(2)21-15-8-7-14-11-20-19(24)16(14)10-15/h3-8,10,13,21H,9,11H2,1-2H3,(H,20,24)(H,22,23). The lowest BCUT2D eigenvalue weighted by Crippen LogP contribution is -2.24. The summed E-state index contributed by atoms with van der Waals surface area (Å²) in [5.74, 6) is -0.0817. The van der Waals surface area contributed by atoms with Crippen LogP contribution in [-0.2, 0) is 11.3 Å². The molecule has 1 heterocycles. The largest absolute Gasteiger partial charge is 0.382 e. The first-order valence-electron chi connectivity index (χ1n) is 8.06. The van der Waals surface area contributed by atoms with Gasteiger partial charge in [-0.2, -0.15) is 0 Å². The summed E-state index contributed by atoms with van der Waals surface area (Å²) in [4.78, 5) is 23.9. The molecule has 2 amide bonds. The van der Waals surface area contributed by atoms with Crippen LogP contribution in [0.15, 0.2) is 42.5 Å². The van der Waals surface area contributed by atoms with E-state index in [-0.39, 0.29) is 17.9 Å². The molecule has 1 aliphatic rings. The normalized spacial score (nSPS) is 13.8. The molecule has 0 saturated carbocycles. The Bertz CT molecular complexity index is 786. The van der Waals surface area contributed by atoms with Crippen molar-refractivity contribution in [2.75, 3.05) is 10.6 Å². The van der Waals surface area contributed by atoms with Gasteiger partial charge in [0.2, 0.25) is 5.91 Å². The Kier molecular flexibility index (Phi) is 4.51. The summed E-state index contributed by atoms with van der Waals surface area (Å²) in [5, 5.41) is 9.01. The zero-order chi connectivity index (χ0) is 17.1. The summed E-state index contributed by atoms with van der Waals surface area (Å²) in [7, 11) is 0. The zero-order valence-corrected chi connectivity index (χ0v) is 13.8. The maximum Gasteiger partial charge on any atom is 0.251 e. The van der Waals surface area contributed by atoms with Crippen molar-refractivity contribution in [2.45, 2.75) is 32.9 Å². The molecule has 1 atom stereocenters. The van der Waals surface area contributed by atoms with E-state index in [4.69, 9.17) is 0 Å². The molecule has 3 rings (SSSR count). The highest BCUT2D eigenvalue weighted by Crippen LogP contribution is 2.21. The molecular formula is C19H21N3O2. The van der Waals surface area contributed by atoms with Gasteiger partial charge in [0, 0.05) is 35.9 Å². The number of hydrogen-bond acceptors (Lipinski definition) is 3. The van der Waals surface area contributed by atoms with Gasteiger partial charge in [-0.15, -0.1) is 0 Å². The van der Waals surface area contributed by atoms with Crippen LogP contribution in [0.5, 0.6) is 0 Å². The van der Waals surface area contributed by atoms with Crippen LogP contribution >= 0.6 is 0 Å². The average Bonchev–Trinajstić information content (AvgIpc) is 2.90. The molecule has 5 nitrogen and oxygen atoms in total. The molecule has 0 fully saturated rings. The number of carbonyl (C=O) groups is 2. The fourth-order valence-electron chi connectivity index (χ4n) is 2.83. The number of aryl methyl sites for hydroxylation is 1. The molecule has 2 aromatic rings. The lowest BCUT2D eigenvalue weighted by atomic mass is 10.1. The summed E-state index contributed by atoms with van der Waals surface area (Å²) in [6, 6.07) is 13.4. The molecule has 0 spiro atoms. The predicted molar refractivity (Wildman–Crippen MR) is 95.1 cm³/mol. The molecule has 24 heavy (non-hydrogen) atoms. The Hall–Kier alpha value is -2.82. The summed E-state index contributed by atoms with van der Waals surface area (Å²) < 4.78 is 0. The zero-order valence-electron chi connectivity index (χ0n) is 13.8. The first-order valence-corrected chi connectivity index (χ1v) is 8.06. The van der Waals surface area contributed by atoms with Gasteiger partial charge in [-0.3, -0.25) is 9.59 Å². The predicted octanol–water partition coefficient (Wildman–Crippen LogP) is 3.07. The van der Waals surface area contributed by atoms with Crippen LogP contribution in [0.1, 0.15) is 34.8 Å². The minimum absolute atomic E-state index is 0.0387. The van der Waals surface area contributed by atoms with E-state index in [0.29, 0.717) is 18.5 Å². The third kappa shape index (κ3) is 3.56. The van der Waals surface area contributed by atoms with Crippen molar-refractivity contribution in [3.63, 3.8) is 0 Å². The van der Waals surface area contributed by atoms with Crippen molar-refractivity contribution in [1.82, 2.24) is 5.32 Å². The number of para-hydroxylation sites is 1. The first kappa shape index (κ1) is 16.1. The highest BCUT2D eigenvalue weighted by molar-refractivity contribution is 5.99. The molecule has 0 aromatic heterocycles. The molecule has 0 radical (unpaired) electrons. The topological polar surface area (TPSA) is 70.2 Å². The molecule has 2 aromatic carbocycles. The van der Waals surface area contributed by atoms with Crippen LogP contribution in [0.4, 0.5) is 11.4 Å². The number of rotatable bonds is 5. The van der Waals surface area contributed by atoms with E-state index in [1.807, 2.05) is 56.3 Å². The van der Waals surface area contributed by atoms with E-state index >= 15 is 0 Å². The van der Waals surface area contributed by atoms with Crippen LogP contribution in [0.25, 0.3) is 0 Å². The van der Waals surface area contributed by atoms with Gasteiger partial charge in [0.15, 0.2) is 0 Å². The van der Waals surface area contributed by atoms with Gasteiger partial charge in [-0.05, 0) is 43.2 Å². The first-order chi connectivity index (χ1) is 11.5. The Labute approximate surface area is 141 Å². The van der Waals surface area contributed by atoms with Crippen LogP contribution < -0.4 is 16.0 Å². The van der Waals surface area contributed by atoms with Crippen molar-refractivity contribution < 1.29 is 9.59 Å². The molecular weight excluding hydrogens is 302 g/mol. The monoisotopic (exact) mass is 323 g/mol. The Balaban J connectivity index is 1.59. The van der Waals surface area contributed by atoms with Gasteiger partial charge >= 0.3 is 0 Å². The Morgan fingerprint density at radius 2 is 2.04 bits per heavy atom. The van der Waals surface area contributed by atoms with E-state index in [2.05, 4.69) is 16.0 Å². The summed E-state index contributed by atoms with van der Waals surface area (Å²) in [6.07, 6.45) is 0.345. The number of fused-ring (bicyclic) bond motifs is 1. The van der Waals surface area contributed by atoms with Crippen LogP contribution in [-0.4, -0.2) is 17.9 Å². The van der Waals surface area contributed by atoms with Crippen LogP contribution in [0, 0.1) is 6.92 Å². The fourth-order valence-corrected chi connectivity index (χ4v) is 2.83. The Morgan fingerprint density at radius 1 is 1.25 bits per heavy atom. The minimum Gasteiger partial charge on any atom is -0.382 e. The molecule has 3 N–H and O–H groups in total. The molecule has 1 unspecified atom stereocenters. The van der Waals surface area contributed by atoms with E-state index in [9.17, 15) is 9.59 Å². The van der Waals surface area contributed by atoms with Gasteiger partial charge in [0.25, 0.3) is 5.91 Å². The van der Waals surface area contributed by atoms with Gasteiger partial charge in [0.05, 0.1) is 0 Å². The van der Waals surface area contributed by atoms with E-state index in [1.54, 1.807) is 0 Å². The molecule has 1 aliphatic heterocycles. The van der Waals surface area contributed by atoms with Crippen molar-refractivity contribution >= 4 is 23.2 Å². The molecule has 0 saturated heterocycles. The van der Waals surface area contributed by atoms with Crippen LogP contribution in [0.3, 0.4) is 0 Å². The summed E-state index contributed by atoms with van der Waals surface area (Å²) in [6.45, 7) is 4.50. The van der Waals surface area contributed by atoms with Crippen molar-refractivity contribution in [3.05, 3.63) is 59.2 Å². The highest BCUT2D eigenvalue weighted by atomic mass is 16.2. The third-order valence-corrected chi connectivity index (χ3v) is 4.12. The molecule has 0 bridgehead atoms. The number of anilines is 2. The smallest absolute Gasteiger partial charge is 0.251 e. The number of carbonyl (C=O) groups excluding carboxylic acids is 2. The second-order valence-corrected chi connectivity index (χ2v) is 6.17. The average molecular weight is 323 g/mol. The van der Waals surface area contributed by atoms with E-state index in [0.717, 1.165) is 22.5 Å². The molecule has 124 valence electrons. The van der Waals surface area contributed by atoms with Gasteiger partial charge < -0.3 is 16.0 Å². The lowest BCUT2D eigenvalue weighted by Gasteiger charge is -2.16. The third-order valence-electron chi connectivity index (χ3n) is 4.12. The SMILES string of the molecule is Cc1ccccc1NC(=O)CC(C)Nc1ccc2c(c1)C(=O)NC2. The van der Waals surface area contributed by atoms with Crippen molar-refractivity contribution in [3.8, 4) is 0 Å². The lowest BCUT2D eigenvalue weighted by molar-refractivity contribution is -0.116. The van der Waals surface area contributed by atoms with Gasteiger partial charge in [-0.25, -0.2) is 0 Å². The fraction of sp³-hybridized carbons (Fsp3) is 0.263. The quantitative estimate of drug-likeness (QED) is 0.792. The highest BCUT2D eigenvalue weighted by Gasteiger charge is 2.19. The Morgan fingerprint density at radius 3 is 2.83 bits per heavy atom. The maximum absolute atomic E-state index is 12.2. The van der Waals surface area contributed by atoms with E-state index in [1.165, 1.54) is 0 Å². The van der Waals surface area contributed by atoms with E-state index < -0.39 is 0 Å². The molecule has 5 heteroatoms. The van der Waals surface area contributed by atoms with Crippen molar-refractivity contribution in [2.24, 2.45) is 0 Å². The van der Waals surface area contributed by atoms with Gasteiger partial charge in [0.1, 0.15) is 0 Å². The van der Waals surface area contributed by atoms with Crippen molar-refractivity contribution in [1.29, 1.82) is 0 Å². The van der Waals surface area contributed by atoms with Crippen LogP contribution in [0.2, 0.25) is 0 Å². The number of hydrogen-bond donors (Lipinski definition) is 3. The number of nitrogens with one attached hydrogen (secondary N) is 3. The van der Waals surface area contributed by atoms with Gasteiger partial charge in [-0.1, -0.05) is 24.3 Å². The minimum atomic E-state index is -0.0449. The summed E-state index contributed by atoms with van der Waals surface area (Å²) in [5.41, 5.74) is 4.44. The maximum atomic E-state index is 12.2.